The number of fused-ring (bicyclic) bond motifs is 1. The van der Waals surface area contributed by atoms with E-state index in [9.17, 15) is 14.4 Å². The highest BCUT2D eigenvalue weighted by Gasteiger charge is 2.40. The molecule has 3 heterocycles. The number of carbonyl (C=O) groups is 3. The molecule has 0 spiro atoms. The summed E-state index contributed by atoms with van der Waals surface area (Å²) in [7, 11) is 1.61. The average Bonchev–Trinajstić information content (AvgIpc) is 3.37. The smallest absolute Gasteiger partial charge is 0.255 e. The molecule has 10 nitrogen and oxygen atoms in total. The number of methoxy groups -OCH3 is 1. The highest BCUT2D eigenvalue weighted by Crippen LogP contribution is 2.35. The zero-order valence-electron chi connectivity index (χ0n) is 24.3. The van der Waals surface area contributed by atoms with Crippen LogP contribution in [0, 0.1) is 12.4 Å². The normalized spacial score (nSPS) is 18.6. The summed E-state index contributed by atoms with van der Waals surface area (Å²) in [4.78, 5) is 46.5. The zero-order valence-corrected chi connectivity index (χ0v) is 24.3. The van der Waals surface area contributed by atoms with Crippen LogP contribution in [0.3, 0.4) is 0 Å². The molecule has 6 rings (SSSR count). The summed E-state index contributed by atoms with van der Waals surface area (Å²) in [6.07, 6.45) is 0.459. The quantitative estimate of drug-likeness (QED) is 0.309. The number of nitrogens with zero attached hydrogens (tertiary/aromatic N) is 4. The minimum absolute atomic E-state index is 0.0119. The van der Waals surface area contributed by atoms with Gasteiger partial charge in [0.25, 0.3) is 5.91 Å². The lowest BCUT2D eigenvalue weighted by atomic mass is 10.0. The largest absolute Gasteiger partial charge is 0.496 e. The maximum absolute atomic E-state index is 15.2. The maximum Gasteiger partial charge on any atom is 0.255 e. The SMILES string of the molecule is [C-]#[N+]c1ccc(N2CCN(Cc3ccc(COc4cccc5c4CN([C@H]4CCC(=O)NC4=O)C5=O)c(F)c3)CC2)c(OC)c1. The minimum atomic E-state index is -0.715. The molecule has 0 aliphatic carbocycles. The third kappa shape index (κ3) is 5.81. The van der Waals surface area contributed by atoms with Gasteiger partial charge in [-0.15, -0.1) is 0 Å². The van der Waals surface area contributed by atoms with Crippen LogP contribution in [0.2, 0.25) is 0 Å². The van der Waals surface area contributed by atoms with Gasteiger partial charge in [0.1, 0.15) is 30.0 Å². The van der Waals surface area contributed by atoms with E-state index in [0.717, 1.165) is 37.4 Å². The monoisotopic (exact) mass is 597 g/mol. The molecule has 3 aromatic rings. The Morgan fingerprint density at radius 3 is 2.57 bits per heavy atom. The molecule has 2 saturated heterocycles. The van der Waals surface area contributed by atoms with E-state index in [0.29, 0.717) is 40.4 Å². The number of anilines is 1. The summed E-state index contributed by atoms with van der Waals surface area (Å²) >= 11 is 0. The molecular weight excluding hydrogens is 565 g/mol. The third-order valence-electron chi connectivity index (χ3n) is 8.45. The van der Waals surface area contributed by atoms with Crippen molar-refractivity contribution in [3.8, 4) is 11.5 Å². The van der Waals surface area contributed by atoms with Crippen LogP contribution < -0.4 is 19.7 Å². The minimum Gasteiger partial charge on any atom is -0.496 e. The Morgan fingerprint density at radius 2 is 1.84 bits per heavy atom. The van der Waals surface area contributed by atoms with Gasteiger partial charge in [0, 0.05) is 55.8 Å². The zero-order chi connectivity index (χ0) is 30.8. The highest BCUT2D eigenvalue weighted by atomic mass is 19.1. The topological polar surface area (TPSA) is 95.8 Å². The molecule has 44 heavy (non-hydrogen) atoms. The molecule has 0 aromatic heterocycles. The molecule has 3 amide bonds. The second kappa shape index (κ2) is 12.3. The summed E-state index contributed by atoms with van der Waals surface area (Å²) in [5, 5.41) is 2.31. The van der Waals surface area contributed by atoms with E-state index in [-0.39, 0.29) is 43.6 Å². The molecule has 2 fully saturated rings. The fourth-order valence-electron chi connectivity index (χ4n) is 6.06. The standard InChI is InChI=1S/C33H32FN5O5/c1-35-23-8-9-27(30(17-23)43-2)38-14-12-37(13-15-38)18-21-6-7-22(26(34)16-21)20-44-29-5-3-4-24-25(29)19-39(33(24)42)28-10-11-31(40)36-32(28)41/h3-9,16-17,28H,10-15,18-20H2,2H3,(H,36,40,41)/t28-/m0/s1. The van der Waals surface area contributed by atoms with Gasteiger partial charge >= 0.3 is 0 Å². The first-order valence-corrected chi connectivity index (χ1v) is 14.5. The lowest BCUT2D eigenvalue weighted by Gasteiger charge is -2.36. The fraction of sp³-hybridized carbons (Fsp3) is 0.333. The van der Waals surface area contributed by atoms with Gasteiger partial charge in [-0.25, -0.2) is 9.24 Å². The predicted octanol–water partition coefficient (Wildman–Crippen LogP) is 4.05. The van der Waals surface area contributed by atoms with E-state index in [1.165, 1.54) is 4.90 Å². The Kier molecular flexibility index (Phi) is 8.17. The van der Waals surface area contributed by atoms with Crippen LogP contribution in [0.5, 0.6) is 11.5 Å². The van der Waals surface area contributed by atoms with Crippen LogP contribution in [0.4, 0.5) is 15.8 Å². The second-order valence-electron chi connectivity index (χ2n) is 11.1. The highest BCUT2D eigenvalue weighted by molar-refractivity contribution is 6.05. The number of piperidine rings is 1. The van der Waals surface area contributed by atoms with Crippen molar-refractivity contribution in [1.29, 1.82) is 0 Å². The Hall–Kier alpha value is -4.95. The number of amides is 3. The van der Waals surface area contributed by atoms with Gasteiger partial charge < -0.3 is 19.3 Å². The summed E-state index contributed by atoms with van der Waals surface area (Å²) in [6, 6.07) is 15.1. The number of hydrogen-bond acceptors (Lipinski definition) is 7. The van der Waals surface area contributed by atoms with Gasteiger partial charge in [0.2, 0.25) is 11.8 Å². The molecule has 0 bridgehead atoms. The molecule has 1 N–H and O–H groups in total. The molecular formula is C33H32FN5O5. The van der Waals surface area contributed by atoms with Gasteiger partial charge in [-0.05, 0) is 42.3 Å². The molecule has 11 heteroatoms. The van der Waals surface area contributed by atoms with Gasteiger partial charge in [-0.2, -0.15) is 0 Å². The first kappa shape index (κ1) is 29.1. The second-order valence-corrected chi connectivity index (χ2v) is 11.1. The van der Waals surface area contributed by atoms with Crippen molar-refractivity contribution >= 4 is 29.1 Å². The first-order valence-electron chi connectivity index (χ1n) is 14.5. The molecule has 3 aromatic carbocycles. The number of carbonyl (C=O) groups excluding carboxylic acids is 3. The number of hydrogen-bond donors (Lipinski definition) is 1. The van der Waals surface area contributed by atoms with Crippen LogP contribution >= 0.6 is 0 Å². The Morgan fingerprint density at radius 1 is 1.02 bits per heavy atom. The van der Waals surface area contributed by atoms with Crippen LogP contribution in [-0.4, -0.2) is 66.9 Å². The molecule has 3 aliphatic heterocycles. The van der Waals surface area contributed by atoms with E-state index in [4.69, 9.17) is 16.0 Å². The number of benzene rings is 3. The summed E-state index contributed by atoms with van der Waals surface area (Å²) in [5.74, 6) is -0.302. The number of ether oxygens (including phenoxy) is 2. The van der Waals surface area contributed by atoms with E-state index in [1.807, 2.05) is 12.1 Å². The van der Waals surface area contributed by atoms with Crippen molar-refractivity contribution in [2.75, 3.05) is 38.2 Å². The molecule has 226 valence electrons. The summed E-state index contributed by atoms with van der Waals surface area (Å²) in [6.45, 7) is 11.2. The number of nitrogens with one attached hydrogen (secondary N) is 1. The molecule has 0 saturated carbocycles. The van der Waals surface area contributed by atoms with Crippen molar-refractivity contribution in [2.24, 2.45) is 0 Å². The van der Waals surface area contributed by atoms with Crippen LogP contribution in [0.1, 0.15) is 39.9 Å². The van der Waals surface area contributed by atoms with Crippen molar-refractivity contribution in [1.82, 2.24) is 15.1 Å². The fourth-order valence-corrected chi connectivity index (χ4v) is 6.06. The maximum atomic E-state index is 15.2. The lowest BCUT2D eigenvalue weighted by molar-refractivity contribution is -0.136. The van der Waals surface area contributed by atoms with Gasteiger partial charge in [0.05, 0.1) is 25.9 Å². The Balaban J connectivity index is 1.05. The van der Waals surface area contributed by atoms with Crippen molar-refractivity contribution < 1.29 is 28.2 Å². The predicted molar refractivity (Wildman–Crippen MR) is 160 cm³/mol. The summed E-state index contributed by atoms with van der Waals surface area (Å²) in [5.41, 5.74) is 3.87. The van der Waals surface area contributed by atoms with Gasteiger partial charge in [-0.1, -0.05) is 24.3 Å². The molecule has 0 radical (unpaired) electrons. The third-order valence-corrected chi connectivity index (χ3v) is 8.45. The molecule has 3 aliphatic rings. The van der Waals surface area contributed by atoms with Crippen LogP contribution in [-0.2, 0) is 29.3 Å². The Bertz CT molecular complexity index is 1660. The van der Waals surface area contributed by atoms with Crippen LogP contribution in [0.25, 0.3) is 4.85 Å². The van der Waals surface area contributed by atoms with E-state index < -0.39 is 11.9 Å². The molecule has 0 unspecified atom stereocenters. The number of piperazine rings is 1. The summed E-state index contributed by atoms with van der Waals surface area (Å²) < 4.78 is 26.7. The number of halogens is 1. The van der Waals surface area contributed by atoms with Crippen molar-refractivity contribution in [3.05, 3.63) is 94.1 Å². The van der Waals surface area contributed by atoms with Gasteiger partial charge in [-0.3, -0.25) is 24.6 Å². The van der Waals surface area contributed by atoms with Crippen molar-refractivity contribution in [3.63, 3.8) is 0 Å². The van der Waals surface area contributed by atoms with E-state index >= 15 is 4.39 Å². The Labute approximate surface area is 254 Å². The molecule has 1 atom stereocenters. The first-order chi connectivity index (χ1) is 21.3. The van der Waals surface area contributed by atoms with E-state index in [2.05, 4.69) is 20.0 Å². The van der Waals surface area contributed by atoms with Crippen LogP contribution in [0.15, 0.2) is 54.6 Å². The van der Waals surface area contributed by atoms with Crippen molar-refractivity contribution in [2.45, 2.75) is 38.6 Å². The average molecular weight is 598 g/mol. The van der Waals surface area contributed by atoms with E-state index in [1.54, 1.807) is 49.6 Å². The number of rotatable bonds is 8. The van der Waals surface area contributed by atoms with Gasteiger partial charge in [0.15, 0.2) is 5.69 Å². The lowest BCUT2D eigenvalue weighted by Crippen LogP contribution is -2.52. The number of imide groups is 1.